The van der Waals surface area contributed by atoms with E-state index in [-0.39, 0.29) is 11.9 Å². The van der Waals surface area contributed by atoms with Crippen molar-refractivity contribution in [2.24, 2.45) is 0 Å². The molecule has 0 bridgehead atoms. The summed E-state index contributed by atoms with van der Waals surface area (Å²) in [4.78, 5) is 0. The van der Waals surface area contributed by atoms with Gasteiger partial charge in [-0.3, -0.25) is 0 Å². The first-order chi connectivity index (χ1) is 7.16. The van der Waals surface area contributed by atoms with Gasteiger partial charge in [0, 0.05) is 12.3 Å². The Kier molecular flexibility index (Phi) is 2.91. The van der Waals surface area contributed by atoms with Crippen LogP contribution in [0.3, 0.4) is 0 Å². The summed E-state index contributed by atoms with van der Waals surface area (Å²) in [5, 5.41) is 3.39. The molecule has 0 aliphatic carbocycles. The Bertz CT molecular complexity index is 353. The smallest absolute Gasteiger partial charge is 0.123 e. The lowest BCUT2D eigenvalue weighted by atomic mass is 10.1. The highest BCUT2D eigenvalue weighted by molar-refractivity contribution is 5.51. The predicted octanol–water partition coefficient (Wildman–Crippen LogP) is 2.72. The minimum atomic E-state index is -0.186. The van der Waals surface area contributed by atoms with Gasteiger partial charge < -0.3 is 10.1 Å². The Hall–Kier alpha value is -1.09. The Labute approximate surface area is 89.4 Å². The molecule has 0 aromatic heterocycles. The first-order valence-electron chi connectivity index (χ1n) is 5.31. The van der Waals surface area contributed by atoms with Gasteiger partial charge in [0.25, 0.3) is 0 Å². The van der Waals surface area contributed by atoms with E-state index >= 15 is 0 Å². The third kappa shape index (κ3) is 2.29. The zero-order valence-corrected chi connectivity index (χ0v) is 9.09. The first-order valence-corrected chi connectivity index (χ1v) is 5.31. The first kappa shape index (κ1) is 10.4. The molecule has 1 heterocycles. The normalized spacial score (nSPS) is 25.5. The van der Waals surface area contributed by atoms with Crippen LogP contribution < -0.4 is 5.32 Å². The second-order valence-corrected chi connectivity index (χ2v) is 4.07. The van der Waals surface area contributed by atoms with E-state index in [0.717, 1.165) is 24.3 Å². The summed E-state index contributed by atoms with van der Waals surface area (Å²) < 4.78 is 18.3. The fourth-order valence-electron chi connectivity index (χ4n) is 1.91. The van der Waals surface area contributed by atoms with Crippen molar-refractivity contribution in [3.05, 3.63) is 29.6 Å². The molecule has 1 N–H and O–H groups in total. The largest absolute Gasteiger partial charge is 0.379 e. The quantitative estimate of drug-likeness (QED) is 0.808. The Morgan fingerprint density at radius 2 is 2.27 bits per heavy atom. The van der Waals surface area contributed by atoms with E-state index in [4.69, 9.17) is 4.74 Å². The summed E-state index contributed by atoms with van der Waals surface area (Å²) in [5.41, 5.74) is 1.94. The van der Waals surface area contributed by atoms with Crippen molar-refractivity contribution in [1.29, 1.82) is 0 Å². The van der Waals surface area contributed by atoms with E-state index in [9.17, 15) is 4.39 Å². The van der Waals surface area contributed by atoms with Crippen LogP contribution in [-0.4, -0.2) is 18.8 Å². The zero-order valence-electron chi connectivity index (χ0n) is 9.09. The Morgan fingerprint density at radius 3 is 2.87 bits per heavy atom. The Balaban J connectivity index is 2.10. The van der Waals surface area contributed by atoms with Gasteiger partial charge in [0.2, 0.25) is 0 Å². The molecule has 15 heavy (non-hydrogen) atoms. The van der Waals surface area contributed by atoms with Crippen LogP contribution in [0.4, 0.5) is 10.1 Å². The van der Waals surface area contributed by atoms with Gasteiger partial charge in [-0.05, 0) is 44.0 Å². The van der Waals surface area contributed by atoms with Crippen LogP contribution in [-0.2, 0) is 4.74 Å². The lowest BCUT2D eigenvalue weighted by molar-refractivity contribution is 0.121. The number of hydrogen-bond donors (Lipinski definition) is 1. The van der Waals surface area contributed by atoms with Gasteiger partial charge in [-0.2, -0.15) is 0 Å². The summed E-state index contributed by atoms with van der Waals surface area (Å²) in [5.74, 6) is -0.186. The third-order valence-electron chi connectivity index (χ3n) is 2.91. The molecule has 1 aromatic rings. The number of hydrogen-bond acceptors (Lipinski definition) is 2. The number of anilines is 1. The second-order valence-electron chi connectivity index (χ2n) is 4.07. The van der Waals surface area contributed by atoms with Crippen molar-refractivity contribution in [2.45, 2.75) is 32.4 Å². The summed E-state index contributed by atoms with van der Waals surface area (Å²) in [6.07, 6.45) is 1.24. The Morgan fingerprint density at radius 1 is 1.47 bits per heavy atom. The fourth-order valence-corrected chi connectivity index (χ4v) is 1.91. The zero-order chi connectivity index (χ0) is 10.8. The molecule has 2 atom stereocenters. The molecule has 1 aromatic carbocycles. The van der Waals surface area contributed by atoms with E-state index in [2.05, 4.69) is 12.2 Å². The van der Waals surface area contributed by atoms with Crippen molar-refractivity contribution < 1.29 is 9.13 Å². The lowest BCUT2D eigenvalue weighted by Gasteiger charge is -2.18. The number of aryl methyl sites for hydroxylation is 1. The van der Waals surface area contributed by atoms with E-state index in [1.807, 2.05) is 6.92 Å². The molecule has 0 radical (unpaired) electrons. The topological polar surface area (TPSA) is 21.3 Å². The molecular weight excluding hydrogens is 193 g/mol. The van der Waals surface area contributed by atoms with Gasteiger partial charge in [-0.1, -0.05) is 0 Å². The van der Waals surface area contributed by atoms with Crippen LogP contribution in [0.2, 0.25) is 0 Å². The average molecular weight is 209 g/mol. The number of benzene rings is 1. The molecule has 0 unspecified atom stereocenters. The standard InChI is InChI=1S/C12H16FNO/c1-8-7-10(13)3-4-11(8)14-12-5-6-15-9(12)2/h3-4,7,9,12,14H,5-6H2,1-2H3/t9-,12+/m0/s1. The number of ether oxygens (including phenoxy) is 1. The highest BCUT2D eigenvalue weighted by Gasteiger charge is 2.24. The van der Waals surface area contributed by atoms with E-state index in [0.29, 0.717) is 6.04 Å². The van der Waals surface area contributed by atoms with Crippen LogP contribution in [0, 0.1) is 12.7 Å². The van der Waals surface area contributed by atoms with Gasteiger partial charge >= 0.3 is 0 Å². The summed E-state index contributed by atoms with van der Waals surface area (Å²) in [6.45, 7) is 4.77. The highest BCUT2D eigenvalue weighted by atomic mass is 19.1. The maximum atomic E-state index is 12.9. The van der Waals surface area contributed by atoms with Gasteiger partial charge in [0.15, 0.2) is 0 Å². The van der Waals surface area contributed by atoms with E-state index in [1.165, 1.54) is 6.07 Å². The minimum Gasteiger partial charge on any atom is -0.379 e. The SMILES string of the molecule is Cc1cc(F)ccc1N[C@@H]1CCO[C@H]1C. The van der Waals surface area contributed by atoms with Gasteiger partial charge in [-0.25, -0.2) is 4.39 Å². The number of rotatable bonds is 2. The molecule has 2 rings (SSSR count). The molecule has 0 spiro atoms. The van der Waals surface area contributed by atoms with Crippen molar-refractivity contribution in [1.82, 2.24) is 0 Å². The number of nitrogens with one attached hydrogen (secondary N) is 1. The van der Waals surface area contributed by atoms with Crippen molar-refractivity contribution in [3.8, 4) is 0 Å². The van der Waals surface area contributed by atoms with Crippen LogP contribution in [0.1, 0.15) is 18.9 Å². The van der Waals surface area contributed by atoms with Crippen molar-refractivity contribution in [2.75, 3.05) is 11.9 Å². The monoisotopic (exact) mass is 209 g/mol. The van der Waals surface area contributed by atoms with Gasteiger partial charge in [-0.15, -0.1) is 0 Å². The van der Waals surface area contributed by atoms with E-state index < -0.39 is 0 Å². The van der Waals surface area contributed by atoms with Crippen LogP contribution >= 0.6 is 0 Å². The van der Waals surface area contributed by atoms with Crippen LogP contribution in [0.15, 0.2) is 18.2 Å². The average Bonchev–Trinajstić information content (AvgIpc) is 2.57. The van der Waals surface area contributed by atoms with Crippen LogP contribution in [0.25, 0.3) is 0 Å². The molecule has 82 valence electrons. The molecule has 2 nitrogen and oxygen atoms in total. The fraction of sp³-hybridized carbons (Fsp3) is 0.500. The van der Waals surface area contributed by atoms with Crippen molar-refractivity contribution in [3.63, 3.8) is 0 Å². The van der Waals surface area contributed by atoms with Gasteiger partial charge in [0.05, 0.1) is 12.1 Å². The van der Waals surface area contributed by atoms with E-state index in [1.54, 1.807) is 12.1 Å². The summed E-state index contributed by atoms with van der Waals surface area (Å²) in [6, 6.07) is 5.16. The number of halogens is 1. The highest BCUT2D eigenvalue weighted by Crippen LogP contribution is 2.22. The van der Waals surface area contributed by atoms with Crippen molar-refractivity contribution >= 4 is 5.69 Å². The van der Waals surface area contributed by atoms with Gasteiger partial charge in [0.1, 0.15) is 5.82 Å². The lowest BCUT2D eigenvalue weighted by Crippen LogP contribution is -2.26. The minimum absolute atomic E-state index is 0.186. The second kappa shape index (κ2) is 4.19. The molecule has 3 heteroatoms. The molecule has 1 aliphatic rings. The molecule has 1 saturated heterocycles. The maximum Gasteiger partial charge on any atom is 0.123 e. The van der Waals surface area contributed by atoms with Crippen LogP contribution in [0.5, 0.6) is 0 Å². The maximum absolute atomic E-state index is 12.9. The molecule has 0 amide bonds. The molecule has 0 saturated carbocycles. The molecule has 1 fully saturated rings. The molecular formula is C12H16FNO. The third-order valence-corrected chi connectivity index (χ3v) is 2.91. The molecule has 1 aliphatic heterocycles. The summed E-state index contributed by atoms with van der Waals surface area (Å²) >= 11 is 0. The predicted molar refractivity (Wildman–Crippen MR) is 58.6 cm³/mol. The summed E-state index contributed by atoms with van der Waals surface area (Å²) in [7, 11) is 0.